The molecule has 0 aliphatic carbocycles. The molecule has 31 heavy (non-hydrogen) atoms. The number of aromatic nitrogens is 4. The summed E-state index contributed by atoms with van der Waals surface area (Å²) in [7, 11) is 0. The largest absolute Gasteiger partial charge is 0.325 e. The fourth-order valence-electron chi connectivity index (χ4n) is 3.00. The topological polar surface area (TPSA) is 72.7 Å². The highest BCUT2D eigenvalue weighted by atomic mass is 35.5. The Kier molecular flexibility index (Phi) is 6.64. The van der Waals surface area contributed by atoms with Gasteiger partial charge in [-0.15, -0.1) is 10.2 Å². The molecule has 4 aromatic rings. The van der Waals surface area contributed by atoms with Gasteiger partial charge >= 0.3 is 0 Å². The van der Waals surface area contributed by atoms with Crippen LogP contribution in [0.5, 0.6) is 0 Å². The van der Waals surface area contributed by atoms with Crippen LogP contribution >= 0.6 is 23.4 Å². The summed E-state index contributed by atoms with van der Waals surface area (Å²) in [6, 6.07) is 20.9. The number of nitrogens with one attached hydrogen (secondary N) is 1. The second kappa shape index (κ2) is 9.76. The lowest BCUT2D eigenvalue weighted by atomic mass is 10.1. The predicted octanol–water partition coefficient (Wildman–Crippen LogP) is 5.28. The molecule has 0 saturated heterocycles. The van der Waals surface area contributed by atoms with Crippen LogP contribution in [0.2, 0.25) is 5.02 Å². The Labute approximate surface area is 189 Å². The Morgan fingerprint density at radius 1 is 1.03 bits per heavy atom. The zero-order valence-electron chi connectivity index (χ0n) is 16.8. The number of hydrogen-bond donors (Lipinski definition) is 1. The van der Waals surface area contributed by atoms with Gasteiger partial charge in [0.05, 0.1) is 5.75 Å². The van der Waals surface area contributed by atoms with Gasteiger partial charge in [-0.25, -0.2) is 0 Å². The highest BCUT2D eigenvalue weighted by molar-refractivity contribution is 7.99. The Morgan fingerprint density at radius 2 is 1.81 bits per heavy atom. The highest BCUT2D eigenvalue weighted by Gasteiger charge is 2.18. The molecule has 2 aromatic heterocycles. The lowest BCUT2D eigenvalue weighted by Gasteiger charge is -2.10. The Hall–Kier alpha value is -3.16. The summed E-state index contributed by atoms with van der Waals surface area (Å²) >= 11 is 7.37. The minimum Gasteiger partial charge on any atom is -0.325 e. The van der Waals surface area contributed by atoms with Crippen LogP contribution in [0, 0.1) is 0 Å². The average Bonchev–Trinajstić information content (AvgIpc) is 3.23. The van der Waals surface area contributed by atoms with Crippen LogP contribution in [0.4, 0.5) is 5.69 Å². The van der Waals surface area contributed by atoms with E-state index >= 15 is 0 Å². The van der Waals surface area contributed by atoms with E-state index in [2.05, 4.69) is 27.4 Å². The van der Waals surface area contributed by atoms with Crippen molar-refractivity contribution in [1.29, 1.82) is 0 Å². The van der Waals surface area contributed by atoms with Gasteiger partial charge in [0.2, 0.25) is 5.91 Å². The van der Waals surface area contributed by atoms with E-state index in [1.165, 1.54) is 17.3 Å². The monoisotopic (exact) mass is 449 g/mol. The van der Waals surface area contributed by atoms with Gasteiger partial charge in [0.25, 0.3) is 0 Å². The van der Waals surface area contributed by atoms with Crippen molar-refractivity contribution >= 4 is 35.0 Å². The van der Waals surface area contributed by atoms with Crippen molar-refractivity contribution in [3.63, 3.8) is 0 Å². The van der Waals surface area contributed by atoms with Crippen molar-refractivity contribution < 1.29 is 4.79 Å². The summed E-state index contributed by atoms with van der Waals surface area (Å²) in [6.07, 6.45) is 2.67. The zero-order chi connectivity index (χ0) is 21.6. The molecule has 4 rings (SSSR count). The van der Waals surface area contributed by atoms with Gasteiger partial charge in [-0.05, 0) is 60.5 Å². The summed E-state index contributed by atoms with van der Waals surface area (Å²) in [5.41, 5.74) is 3.53. The zero-order valence-corrected chi connectivity index (χ0v) is 18.4. The molecule has 0 atom stereocenters. The Morgan fingerprint density at radius 3 is 2.48 bits per heavy atom. The standard InChI is InChI=1S/C23H20ClN5OS/c1-2-16-6-10-18(11-7-16)26-21(30)15-31-23-28-27-22(20-5-3-4-14-25-20)29(23)19-12-8-17(24)9-13-19/h3-14H,2,15H2,1H3,(H,26,30). The molecule has 2 heterocycles. The summed E-state index contributed by atoms with van der Waals surface area (Å²) in [4.78, 5) is 16.9. The summed E-state index contributed by atoms with van der Waals surface area (Å²) < 4.78 is 1.88. The maximum atomic E-state index is 12.5. The number of thioether (sulfide) groups is 1. The SMILES string of the molecule is CCc1ccc(NC(=O)CSc2nnc(-c3ccccn3)n2-c2ccc(Cl)cc2)cc1. The van der Waals surface area contributed by atoms with Gasteiger partial charge in [0.1, 0.15) is 5.69 Å². The Balaban J connectivity index is 1.55. The fourth-order valence-corrected chi connectivity index (χ4v) is 3.88. The van der Waals surface area contributed by atoms with E-state index in [1.807, 2.05) is 59.2 Å². The lowest BCUT2D eigenvalue weighted by molar-refractivity contribution is -0.113. The quantitative estimate of drug-likeness (QED) is 0.389. The van der Waals surface area contributed by atoms with Crippen molar-refractivity contribution in [1.82, 2.24) is 19.7 Å². The molecule has 1 amide bonds. The predicted molar refractivity (Wildman–Crippen MR) is 125 cm³/mol. The molecule has 156 valence electrons. The number of nitrogens with zero attached hydrogens (tertiary/aromatic N) is 4. The number of anilines is 1. The highest BCUT2D eigenvalue weighted by Crippen LogP contribution is 2.27. The summed E-state index contributed by atoms with van der Waals surface area (Å²) in [5.74, 6) is 0.684. The van der Waals surface area contributed by atoms with E-state index in [4.69, 9.17) is 11.6 Å². The molecule has 0 spiro atoms. The summed E-state index contributed by atoms with van der Waals surface area (Å²) in [6.45, 7) is 2.10. The first-order valence-electron chi connectivity index (χ1n) is 9.78. The van der Waals surface area contributed by atoms with E-state index in [-0.39, 0.29) is 11.7 Å². The minimum atomic E-state index is -0.112. The van der Waals surface area contributed by atoms with Crippen LogP contribution in [-0.2, 0) is 11.2 Å². The molecule has 0 fully saturated rings. The van der Waals surface area contributed by atoms with Crippen molar-refractivity contribution in [3.05, 3.63) is 83.5 Å². The maximum Gasteiger partial charge on any atom is 0.234 e. The fraction of sp³-hybridized carbons (Fsp3) is 0.130. The molecular formula is C23H20ClN5OS. The number of rotatable bonds is 7. The third-order valence-electron chi connectivity index (χ3n) is 4.59. The van der Waals surface area contributed by atoms with E-state index in [9.17, 15) is 4.79 Å². The van der Waals surface area contributed by atoms with Crippen LogP contribution in [-0.4, -0.2) is 31.4 Å². The molecule has 0 unspecified atom stereocenters. The van der Waals surface area contributed by atoms with Crippen molar-refractivity contribution in [2.24, 2.45) is 0 Å². The number of halogens is 1. The molecule has 1 N–H and O–H groups in total. The molecular weight excluding hydrogens is 430 g/mol. The number of benzene rings is 2. The van der Waals surface area contributed by atoms with Gasteiger partial charge in [-0.2, -0.15) is 0 Å². The molecule has 2 aromatic carbocycles. The third-order valence-corrected chi connectivity index (χ3v) is 5.77. The second-order valence-corrected chi connectivity index (χ2v) is 8.10. The molecule has 6 nitrogen and oxygen atoms in total. The maximum absolute atomic E-state index is 12.5. The lowest BCUT2D eigenvalue weighted by Crippen LogP contribution is -2.14. The van der Waals surface area contributed by atoms with E-state index in [1.54, 1.807) is 18.3 Å². The molecule has 0 radical (unpaired) electrons. The first-order chi connectivity index (χ1) is 15.1. The van der Waals surface area contributed by atoms with Gasteiger partial charge < -0.3 is 5.32 Å². The number of carbonyl (C=O) groups excluding carboxylic acids is 1. The van der Waals surface area contributed by atoms with Crippen LogP contribution in [0.15, 0.2) is 78.1 Å². The van der Waals surface area contributed by atoms with Gasteiger partial charge in [0.15, 0.2) is 11.0 Å². The number of amides is 1. The molecule has 8 heteroatoms. The third kappa shape index (κ3) is 5.13. The number of carbonyl (C=O) groups is 1. The van der Waals surface area contributed by atoms with E-state index < -0.39 is 0 Å². The molecule has 0 aliphatic rings. The van der Waals surface area contributed by atoms with Crippen molar-refractivity contribution in [2.75, 3.05) is 11.1 Å². The average molecular weight is 450 g/mol. The van der Waals surface area contributed by atoms with Crippen molar-refractivity contribution in [3.8, 4) is 17.2 Å². The first-order valence-corrected chi connectivity index (χ1v) is 11.1. The van der Waals surface area contributed by atoms with Gasteiger partial charge in [-0.1, -0.05) is 48.5 Å². The molecule has 0 bridgehead atoms. The summed E-state index contributed by atoms with van der Waals surface area (Å²) in [5, 5.41) is 12.8. The van der Waals surface area contributed by atoms with Gasteiger partial charge in [0, 0.05) is 22.6 Å². The first kappa shape index (κ1) is 21.1. The number of aryl methyl sites for hydroxylation is 1. The van der Waals surface area contributed by atoms with Crippen molar-refractivity contribution in [2.45, 2.75) is 18.5 Å². The van der Waals surface area contributed by atoms with Gasteiger partial charge in [-0.3, -0.25) is 14.3 Å². The van der Waals surface area contributed by atoms with Crippen LogP contribution in [0.1, 0.15) is 12.5 Å². The van der Waals surface area contributed by atoms with Crippen LogP contribution < -0.4 is 5.32 Å². The van der Waals surface area contributed by atoms with Crippen LogP contribution in [0.3, 0.4) is 0 Å². The van der Waals surface area contributed by atoms with E-state index in [0.29, 0.717) is 21.7 Å². The van der Waals surface area contributed by atoms with Crippen LogP contribution in [0.25, 0.3) is 17.2 Å². The molecule has 0 saturated carbocycles. The number of hydrogen-bond acceptors (Lipinski definition) is 5. The Bertz CT molecular complexity index is 1160. The molecule has 0 aliphatic heterocycles. The van der Waals surface area contributed by atoms with E-state index in [0.717, 1.165) is 17.8 Å². The second-order valence-electron chi connectivity index (χ2n) is 6.72. The minimum absolute atomic E-state index is 0.112. The smallest absolute Gasteiger partial charge is 0.234 e. The normalized spacial score (nSPS) is 10.8. The number of pyridine rings is 1.